The minimum absolute atomic E-state index is 0.0104. The molecule has 0 atom stereocenters. The number of nitrogens with zero attached hydrogens (tertiary/aromatic N) is 2. The quantitative estimate of drug-likeness (QED) is 0.879. The first-order chi connectivity index (χ1) is 9.77. The third-order valence-electron chi connectivity index (χ3n) is 3.12. The van der Waals surface area contributed by atoms with Gasteiger partial charge in [-0.05, 0) is 26.0 Å². The van der Waals surface area contributed by atoms with E-state index in [1.54, 1.807) is 12.3 Å². The van der Waals surface area contributed by atoms with Crippen LogP contribution in [0.25, 0.3) is 0 Å². The number of H-pyrrole nitrogens is 1. The van der Waals surface area contributed by atoms with Crippen molar-refractivity contribution >= 4 is 19.0 Å². The molecular formula is C14H15BF3N3. The summed E-state index contributed by atoms with van der Waals surface area (Å²) in [6.07, 6.45) is -1.23. The topological polar surface area (TPSA) is 31.9 Å². The summed E-state index contributed by atoms with van der Waals surface area (Å²) in [6.45, 7) is 4.25. The van der Waals surface area contributed by atoms with E-state index in [1.165, 1.54) is 6.33 Å². The molecule has 1 aromatic heterocycles. The first kappa shape index (κ1) is 15.5. The van der Waals surface area contributed by atoms with Crippen molar-refractivity contribution in [3.05, 3.63) is 42.0 Å². The molecular weight excluding hydrogens is 278 g/mol. The molecule has 7 heteroatoms. The van der Waals surface area contributed by atoms with Crippen LogP contribution in [-0.4, -0.2) is 23.9 Å². The van der Waals surface area contributed by atoms with Crippen LogP contribution < -0.4 is 10.4 Å². The van der Waals surface area contributed by atoms with Crippen LogP contribution in [0.5, 0.6) is 0 Å². The van der Waals surface area contributed by atoms with Crippen LogP contribution >= 0.6 is 0 Å². The molecule has 1 heterocycles. The lowest BCUT2D eigenvalue weighted by Crippen LogP contribution is -2.31. The van der Waals surface area contributed by atoms with Gasteiger partial charge in [0.05, 0.1) is 24.1 Å². The maximum Gasteiger partial charge on any atom is 0.416 e. The van der Waals surface area contributed by atoms with E-state index in [0.29, 0.717) is 12.2 Å². The highest BCUT2D eigenvalue weighted by Crippen LogP contribution is 2.31. The lowest BCUT2D eigenvalue weighted by Gasteiger charge is -2.29. The van der Waals surface area contributed by atoms with E-state index in [1.807, 2.05) is 18.7 Å². The molecule has 0 spiro atoms. The fraction of sp³-hybridized carbons (Fsp3) is 0.357. The van der Waals surface area contributed by atoms with Gasteiger partial charge in [0.15, 0.2) is 0 Å². The first-order valence-corrected chi connectivity index (χ1v) is 6.49. The Bertz CT molecular complexity index is 594. The standard InChI is InChI=1S/C14H15BF3N3/c1-9(2)21(7-12-6-19-8-20-12)13-4-10(14(16,17)18)3-11(15)5-13/h3-6,8-9H,7H2,1-2H3,(H,19,20). The maximum absolute atomic E-state index is 12.9. The molecule has 0 aliphatic carbocycles. The van der Waals surface area contributed by atoms with Crippen LogP contribution in [0.1, 0.15) is 25.1 Å². The number of nitrogens with one attached hydrogen (secondary N) is 1. The fourth-order valence-electron chi connectivity index (χ4n) is 2.09. The van der Waals surface area contributed by atoms with Crippen LogP contribution in [0.15, 0.2) is 30.7 Å². The van der Waals surface area contributed by atoms with Crippen molar-refractivity contribution in [2.24, 2.45) is 0 Å². The van der Waals surface area contributed by atoms with Gasteiger partial charge >= 0.3 is 6.18 Å². The van der Waals surface area contributed by atoms with E-state index < -0.39 is 11.7 Å². The van der Waals surface area contributed by atoms with E-state index >= 15 is 0 Å². The van der Waals surface area contributed by atoms with Gasteiger partial charge in [0, 0.05) is 17.9 Å². The van der Waals surface area contributed by atoms with Crippen molar-refractivity contribution in [3.63, 3.8) is 0 Å². The second-order valence-corrected chi connectivity index (χ2v) is 5.11. The van der Waals surface area contributed by atoms with E-state index in [9.17, 15) is 13.2 Å². The lowest BCUT2D eigenvalue weighted by molar-refractivity contribution is -0.137. The molecule has 1 N–H and O–H groups in total. The number of benzene rings is 1. The van der Waals surface area contributed by atoms with Crippen molar-refractivity contribution < 1.29 is 13.2 Å². The van der Waals surface area contributed by atoms with Crippen molar-refractivity contribution in [2.75, 3.05) is 4.90 Å². The number of aromatic nitrogens is 2. The Balaban J connectivity index is 2.38. The van der Waals surface area contributed by atoms with E-state index in [2.05, 4.69) is 9.97 Å². The Morgan fingerprint density at radius 1 is 1.29 bits per heavy atom. The second kappa shape index (κ2) is 5.83. The van der Waals surface area contributed by atoms with Gasteiger partial charge in [0.2, 0.25) is 0 Å². The average molecular weight is 293 g/mol. The summed E-state index contributed by atoms with van der Waals surface area (Å²) in [7, 11) is 5.62. The summed E-state index contributed by atoms with van der Waals surface area (Å²) in [6, 6.07) is 3.62. The molecule has 2 rings (SSSR count). The Morgan fingerprint density at radius 3 is 2.52 bits per heavy atom. The third-order valence-corrected chi connectivity index (χ3v) is 3.12. The summed E-state index contributed by atoms with van der Waals surface area (Å²) in [4.78, 5) is 8.69. The lowest BCUT2D eigenvalue weighted by atomic mass is 9.93. The van der Waals surface area contributed by atoms with Crippen molar-refractivity contribution in [1.82, 2.24) is 9.97 Å². The zero-order valence-corrected chi connectivity index (χ0v) is 11.8. The Labute approximate surface area is 122 Å². The van der Waals surface area contributed by atoms with Gasteiger partial charge in [-0.2, -0.15) is 13.2 Å². The Kier molecular flexibility index (Phi) is 4.30. The van der Waals surface area contributed by atoms with Crippen molar-refractivity contribution in [3.8, 4) is 0 Å². The molecule has 0 amide bonds. The monoisotopic (exact) mass is 293 g/mol. The molecule has 1 aromatic carbocycles. The van der Waals surface area contributed by atoms with Gasteiger partial charge < -0.3 is 9.88 Å². The number of hydrogen-bond acceptors (Lipinski definition) is 2. The van der Waals surface area contributed by atoms with Gasteiger partial charge in [-0.3, -0.25) is 0 Å². The second-order valence-electron chi connectivity index (χ2n) is 5.11. The summed E-state index contributed by atoms with van der Waals surface area (Å²) in [5.74, 6) is 0. The number of anilines is 1. The van der Waals surface area contributed by atoms with Gasteiger partial charge in [-0.1, -0.05) is 11.5 Å². The summed E-state index contributed by atoms with van der Waals surface area (Å²) in [5.41, 5.74) is 0.606. The predicted octanol–water partition coefficient (Wildman–Crippen LogP) is 2.64. The minimum atomic E-state index is -4.42. The number of rotatable bonds is 4. The van der Waals surface area contributed by atoms with Gasteiger partial charge in [0.1, 0.15) is 7.85 Å². The van der Waals surface area contributed by atoms with E-state index in [0.717, 1.165) is 17.8 Å². The van der Waals surface area contributed by atoms with E-state index in [4.69, 9.17) is 7.85 Å². The minimum Gasteiger partial charge on any atom is -0.363 e. The Hall–Kier alpha value is -1.92. The zero-order valence-electron chi connectivity index (χ0n) is 11.8. The number of imidazole rings is 1. The molecule has 0 aliphatic rings. The summed E-state index contributed by atoms with van der Waals surface area (Å²) >= 11 is 0. The van der Waals surface area contributed by atoms with Gasteiger partial charge in [-0.15, -0.1) is 0 Å². The highest BCUT2D eigenvalue weighted by atomic mass is 19.4. The molecule has 0 saturated carbocycles. The molecule has 0 unspecified atom stereocenters. The number of halogens is 3. The van der Waals surface area contributed by atoms with Crippen LogP contribution in [0, 0.1) is 0 Å². The SMILES string of the molecule is [B]c1cc(N(Cc2cnc[nH]2)C(C)C)cc(C(F)(F)F)c1. The molecule has 21 heavy (non-hydrogen) atoms. The first-order valence-electron chi connectivity index (χ1n) is 6.49. The number of hydrogen-bond donors (Lipinski definition) is 1. The normalized spacial score (nSPS) is 11.9. The number of alkyl halides is 3. The van der Waals surface area contributed by atoms with Gasteiger partial charge in [-0.25, -0.2) is 4.98 Å². The van der Waals surface area contributed by atoms with Gasteiger partial charge in [0.25, 0.3) is 0 Å². The smallest absolute Gasteiger partial charge is 0.363 e. The van der Waals surface area contributed by atoms with Crippen molar-refractivity contribution in [2.45, 2.75) is 32.6 Å². The molecule has 2 aromatic rings. The largest absolute Gasteiger partial charge is 0.416 e. The molecule has 0 fully saturated rings. The fourth-order valence-corrected chi connectivity index (χ4v) is 2.09. The van der Waals surface area contributed by atoms with Crippen molar-refractivity contribution in [1.29, 1.82) is 0 Å². The third kappa shape index (κ3) is 3.80. The molecule has 2 radical (unpaired) electrons. The number of aromatic amines is 1. The summed E-state index contributed by atoms with van der Waals surface area (Å²) in [5, 5.41) is 0. The highest BCUT2D eigenvalue weighted by molar-refractivity contribution is 6.32. The maximum atomic E-state index is 12.9. The zero-order chi connectivity index (χ0) is 15.6. The molecule has 0 aliphatic heterocycles. The highest BCUT2D eigenvalue weighted by Gasteiger charge is 2.31. The van der Waals surface area contributed by atoms with Crippen LogP contribution in [0.3, 0.4) is 0 Å². The van der Waals surface area contributed by atoms with Crippen LogP contribution in [-0.2, 0) is 12.7 Å². The summed E-state index contributed by atoms with van der Waals surface area (Å²) < 4.78 is 38.7. The molecule has 0 bridgehead atoms. The average Bonchev–Trinajstić information content (AvgIpc) is 2.86. The van der Waals surface area contributed by atoms with Crippen LogP contribution in [0.2, 0.25) is 0 Å². The molecule has 3 nitrogen and oxygen atoms in total. The van der Waals surface area contributed by atoms with Crippen LogP contribution in [0.4, 0.5) is 18.9 Å². The van der Waals surface area contributed by atoms with E-state index in [-0.39, 0.29) is 11.5 Å². The Morgan fingerprint density at radius 2 is 2.00 bits per heavy atom. The molecule has 0 saturated heterocycles. The predicted molar refractivity (Wildman–Crippen MR) is 76.7 cm³/mol. The molecule has 110 valence electrons.